The zero-order chi connectivity index (χ0) is 14.9. The Labute approximate surface area is 129 Å². The Morgan fingerprint density at radius 2 is 1.90 bits per heavy atom. The van der Waals surface area contributed by atoms with Crippen LogP contribution in [0.1, 0.15) is 57.2 Å². The SMILES string of the molecule is CC(C)(C)C1CCCN(C2CNCc3ccccc32)CC1. The molecule has 21 heavy (non-hydrogen) atoms. The molecule has 1 fully saturated rings. The van der Waals surface area contributed by atoms with Crippen molar-refractivity contribution in [3.8, 4) is 0 Å². The second kappa shape index (κ2) is 6.10. The van der Waals surface area contributed by atoms with Gasteiger partial charge in [0.25, 0.3) is 0 Å². The van der Waals surface area contributed by atoms with E-state index >= 15 is 0 Å². The Balaban J connectivity index is 1.74. The highest BCUT2D eigenvalue weighted by Gasteiger charge is 2.31. The van der Waals surface area contributed by atoms with E-state index in [0.717, 1.165) is 19.0 Å². The number of hydrogen-bond acceptors (Lipinski definition) is 2. The topological polar surface area (TPSA) is 15.3 Å². The average Bonchev–Trinajstić information content (AvgIpc) is 2.72. The first kappa shape index (κ1) is 15.1. The molecule has 116 valence electrons. The van der Waals surface area contributed by atoms with Crippen molar-refractivity contribution in [2.75, 3.05) is 19.6 Å². The highest BCUT2D eigenvalue weighted by atomic mass is 15.2. The van der Waals surface area contributed by atoms with Crippen LogP contribution in [0.3, 0.4) is 0 Å². The van der Waals surface area contributed by atoms with E-state index in [1.165, 1.54) is 37.9 Å². The van der Waals surface area contributed by atoms with Gasteiger partial charge in [-0.05, 0) is 54.8 Å². The molecule has 3 rings (SSSR count). The number of benzene rings is 1. The lowest BCUT2D eigenvalue weighted by atomic mass is 9.77. The van der Waals surface area contributed by atoms with Crippen molar-refractivity contribution in [3.63, 3.8) is 0 Å². The molecule has 2 heteroatoms. The molecule has 2 atom stereocenters. The molecule has 1 aromatic carbocycles. The van der Waals surface area contributed by atoms with Crippen molar-refractivity contribution in [3.05, 3.63) is 35.4 Å². The molecule has 0 aliphatic carbocycles. The van der Waals surface area contributed by atoms with Crippen molar-refractivity contribution in [2.24, 2.45) is 11.3 Å². The molecule has 2 aliphatic rings. The van der Waals surface area contributed by atoms with Gasteiger partial charge in [-0.3, -0.25) is 4.90 Å². The fourth-order valence-corrected chi connectivity index (χ4v) is 4.10. The van der Waals surface area contributed by atoms with Crippen molar-refractivity contribution < 1.29 is 0 Å². The zero-order valence-corrected chi connectivity index (χ0v) is 13.9. The molecule has 0 aromatic heterocycles. The monoisotopic (exact) mass is 286 g/mol. The first-order chi connectivity index (χ1) is 10.1. The fraction of sp³-hybridized carbons (Fsp3) is 0.684. The number of nitrogens with zero attached hydrogens (tertiary/aromatic N) is 1. The summed E-state index contributed by atoms with van der Waals surface area (Å²) < 4.78 is 0. The van der Waals surface area contributed by atoms with E-state index < -0.39 is 0 Å². The first-order valence-electron chi connectivity index (χ1n) is 8.58. The van der Waals surface area contributed by atoms with Crippen LogP contribution in [-0.2, 0) is 6.54 Å². The highest BCUT2D eigenvalue weighted by molar-refractivity contribution is 5.32. The van der Waals surface area contributed by atoms with Gasteiger partial charge in [0.15, 0.2) is 0 Å². The van der Waals surface area contributed by atoms with Gasteiger partial charge in [-0.15, -0.1) is 0 Å². The van der Waals surface area contributed by atoms with Crippen LogP contribution in [0.2, 0.25) is 0 Å². The maximum atomic E-state index is 3.61. The molecule has 1 aromatic rings. The molecular weight excluding hydrogens is 256 g/mol. The summed E-state index contributed by atoms with van der Waals surface area (Å²) in [6, 6.07) is 9.57. The van der Waals surface area contributed by atoms with Crippen LogP contribution in [0.15, 0.2) is 24.3 Å². The van der Waals surface area contributed by atoms with Crippen molar-refractivity contribution >= 4 is 0 Å². The van der Waals surface area contributed by atoms with Gasteiger partial charge >= 0.3 is 0 Å². The number of nitrogens with one attached hydrogen (secondary N) is 1. The van der Waals surface area contributed by atoms with Crippen LogP contribution in [0.5, 0.6) is 0 Å². The van der Waals surface area contributed by atoms with Crippen LogP contribution >= 0.6 is 0 Å². The second-order valence-corrected chi connectivity index (χ2v) is 7.88. The van der Waals surface area contributed by atoms with E-state index in [-0.39, 0.29) is 0 Å². The third kappa shape index (κ3) is 3.32. The van der Waals surface area contributed by atoms with Gasteiger partial charge in [0.05, 0.1) is 0 Å². The minimum absolute atomic E-state index is 0.457. The van der Waals surface area contributed by atoms with E-state index in [2.05, 4.69) is 55.3 Å². The molecule has 0 radical (unpaired) electrons. The summed E-state index contributed by atoms with van der Waals surface area (Å²) in [6.07, 6.45) is 4.09. The largest absolute Gasteiger partial charge is 0.311 e. The van der Waals surface area contributed by atoms with E-state index in [9.17, 15) is 0 Å². The number of likely N-dealkylation sites (tertiary alicyclic amines) is 1. The summed E-state index contributed by atoms with van der Waals surface area (Å²) in [5.74, 6) is 0.870. The molecular formula is C19H30N2. The van der Waals surface area contributed by atoms with Gasteiger partial charge in [-0.1, -0.05) is 45.0 Å². The molecule has 2 heterocycles. The van der Waals surface area contributed by atoms with Gasteiger partial charge in [-0.25, -0.2) is 0 Å². The molecule has 2 unspecified atom stereocenters. The molecule has 2 nitrogen and oxygen atoms in total. The maximum absolute atomic E-state index is 3.61. The Bertz CT molecular complexity index is 475. The van der Waals surface area contributed by atoms with Crippen molar-refractivity contribution in [2.45, 2.75) is 52.6 Å². The smallest absolute Gasteiger partial charge is 0.0476 e. The molecule has 0 bridgehead atoms. The quantitative estimate of drug-likeness (QED) is 0.840. The van der Waals surface area contributed by atoms with Crippen LogP contribution in [0.25, 0.3) is 0 Å². The van der Waals surface area contributed by atoms with E-state index in [1.54, 1.807) is 5.56 Å². The van der Waals surface area contributed by atoms with Gasteiger partial charge in [0.2, 0.25) is 0 Å². The summed E-state index contributed by atoms with van der Waals surface area (Å²) in [7, 11) is 0. The fourth-order valence-electron chi connectivity index (χ4n) is 4.10. The molecule has 1 saturated heterocycles. The first-order valence-corrected chi connectivity index (χ1v) is 8.58. The molecule has 0 amide bonds. The molecule has 2 aliphatic heterocycles. The summed E-state index contributed by atoms with van der Waals surface area (Å²) >= 11 is 0. The van der Waals surface area contributed by atoms with Gasteiger partial charge in [-0.2, -0.15) is 0 Å². The number of hydrogen-bond donors (Lipinski definition) is 1. The van der Waals surface area contributed by atoms with Gasteiger partial charge < -0.3 is 5.32 Å². The van der Waals surface area contributed by atoms with Crippen LogP contribution < -0.4 is 5.32 Å². The lowest BCUT2D eigenvalue weighted by molar-refractivity contribution is 0.174. The third-order valence-electron chi connectivity index (χ3n) is 5.50. The minimum Gasteiger partial charge on any atom is -0.311 e. The lowest BCUT2D eigenvalue weighted by Gasteiger charge is -2.36. The van der Waals surface area contributed by atoms with Crippen LogP contribution in [0.4, 0.5) is 0 Å². The molecule has 0 saturated carbocycles. The van der Waals surface area contributed by atoms with Crippen LogP contribution in [-0.4, -0.2) is 24.5 Å². The molecule has 1 N–H and O–H groups in total. The van der Waals surface area contributed by atoms with Gasteiger partial charge in [0.1, 0.15) is 0 Å². The molecule has 0 spiro atoms. The highest BCUT2D eigenvalue weighted by Crippen LogP contribution is 2.36. The summed E-state index contributed by atoms with van der Waals surface area (Å²) in [4.78, 5) is 2.73. The maximum Gasteiger partial charge on any atom is 0.0476 e. The number of fused-ring (bicyclic) bond motifs is 1. The predicted molar refractivity (Wildman–Crippen MR) is 89.3 cm³/mol. The van der Waals surface area contributed by atoms with Crippen molar-refractivity contribution in [1.82, 2.24) is 10.2 Å². The van der Waals surface area contributed by atoms with E-state index in [4.69, 9.17) is 0 Å². The van der Waals surface area contributed by atoms with Gasteiger partial charge in [0, 0.05) is 19.1 Å². The predicted octanol–water partition coefficient (Wildman–Crippen LogP) is 3.98. The lowest BCUT2D eigenvalue weighted by Crippen LogP contribution is -2.40. The summed E-state index contributed by atoms with van der Waals surface area (Å²) in [5.41, 5.74) is 3.51. The Hall–Kier alpha value is -0.860. The normalized spacial score (nSPS) is 28.0. The van der Waals surface area contributed by atoms with Crippen molar-refractivity contribution in [1.29, 1.82) is 0 Å². The van der Waals surface area contributed by atoms with Crippen LogP contribution in [0, 0.1) is 11.3 Å². The Morgan fingerprint density at radius 1 is 1.10 bits per heavy atom. The average molecular weight is 286 g/mol. The number of rotatable bonds is 1. The Kier molecular flexibility index (Phi) is 4.37. The zero-order valence-electron chi connectivity index (χ0n) is 13.9. The Morgan fingerprint density at radius 3 is 2.71 bits per heavy atom. The minimum atomic E-state index is 0.457. The van der Waals surface area contributed by atoms with E-state index in [1.807, 2.05) is 0 Å². The summed E-state index contributed by atoms with van der Waals surface area (Å²) in [6.45, 7) is 11.9. The summed E-state index contributed by atoms with van der Waals surface area (Å²) in [5, 5.41) is 3.61. The van der Waals surface area contributed by atoms with E-state index in [0.29, 0.717) is 11.5 Å². The third-order valence-corrected chi connectivity index (χ3v) is 5.50. The standard InChI is InChI=1S/C19H30N2/c1-19(2,3)16-8-6-11-21(12-10-16)18-14-20-13-15-7-4-5-9-17(15)18/h4-5,7,9,16,18,20H,6,8,10-14H2,1-3H3. The second-order valence-electron chi connectivity index (χ2n) is 7.88.